The van der Waals surface area contributed by atoms with Crippen LogP contribution in [0.2, 0.25) is 0 Å². The van der Waals surface area contributed by atoms with Crippen molar-refractivity contribution in [3.05, 3.63) is 85.0 Å². The highest BCUT2D eigenvalue weighted by atomic mass is 32.1. The van der Waals surface area contributed by atoms with Crippen LogP contribution in [-0.4, -0.2) is 83.2 Å². The molecule has 0 radical (unpaired) electrons. The summed E-state index contributed by atoms with van der Waals surface area (Å²) in [6.45, 7) is 3.64. The van der Waals surface area contributed by atoms with Crippen molar-refractivity contribution in [2.24, 2.45) is 0 Å². The van der Waals surface area contributed by atoms with Crippen molar-refractivity contribution in [2.45, 2.75) is 81.6 Å². The number of phenols is 1. The Morgan fingerprint density at radius 3 is 2.37 bits per heavy atom. The summed E-state index contributed by atoms with van der Waals surface area (Å²) in [6, 6.07) is 13.9. The molecular weight excluding hydrogens is 663 g/mol. The molecule has 0 saturated heterocycles. The van der Waals surface area contributed by atoms with Gasteiger partial charge in [0.05, 0.1) is 21.4 Å². The smallest absolute Gasteiger partial charge is 0.349 e. The number of thiophene rings is 2. The number of nitrogens with zero attached hydrogens (tertiary/aromatic N) is 1. The fourth-order valence-electron chi connectivity index (χ4n) is 6.54. The van der Waals surface area contributed by atoms with E-state index in [1.807, 2.05) is 22.9 Å². The monoisotopic (exact) mass is 711 g/mol. The molecule has 1 saturated carbocycles. The average molecular weight is 712 g/mol. The molecule has 12 heteroatoms. The first-order valence-corrected chi connectivity index (χ1v) is 19.1. The summed E-state index contributed by atoms with van der Waals surface area (Å²) in [4.78, 5) is 31.1. The third-order valence-electron chi connectivity index (χ3n) is 9.39. The fourth-order valence-corrected chi connectivity index (χ4v) is 8.25. The van der Waals surface area contributed by atoms with Gasteiger partial charge in [0.25, 0.3) is 0 Å². The number of pyridine rings is 1. The number of hydrogen-bond donors (Lipinski definition) is 5. The molecule has 0 spiro atoms. The first-order chi connectivity index (χ1) is 23.8. The minimum atomic E-state index is -1.75. The van der Waals surface area contributed by atoms with Crippen LogP contribution in [-0.2, 0) is 19.9 Å². The molecule has 5 rings (SSSR count). The number of phenolic OH excluding ortho intramolecular Hbond substituents is 1. The Hall–Kier alpha value is -3.10. The van der Waals surface area contributed by atoms with Gasteiger partial charge in [-0.2, -0.15) is 0 Å². The Kier molecular flexibility index (Phi) is 13.8. The quantitative estimate of drug-likeness (QED) is 0.0614. The summed E-state index contributed by atoms with van der Waals surface area (Å²) in [7, 11) is 2.16. The maximum Gasteiger partial charge on any atom is 0.349 e. The van der Waals surface area contributed by atoms with Crippen molar-refractivity contribution in [1.82, 2.24) is 15.2 Å². The summed E-state index contributed by atoms with van der Waals surface area (Å²) >= 11 is 2.72. The highest BCUT2D eigenvalue weighted by Crippen LogP contribution is 2.38. The van der Waals surface area contributed by atoms with Gasteiger partial charge in [-0.1, -0.05) is 31.0 Å². The molecule has 3 heterocycles. The normalized spacial score (nSPS) is 17.5. The average Bonchev–Trinajstić information content (AvgIpc) is 3.85. The molecule has 49 heavy (non-hydrogen) atoms. The van der Waals surface area contributed by atoms with Gasteiger partial charge in [0.15, 0.2) is 0 Å². The molecule has 3 aromatic heterocycles. The zero-order valence-electron chi connectivity index (χ0n) is 28.1. The zero-order chi connectivity index (χ0) is 34.6. The van der Waals surface area contributed by atoms with Crippen LogP contribution < -0.4 is 10.9 Å². The number of hydrogen-bond acceptors (Lipinski definition) is 11. The highest BCUT2D eigenvalue weighted by molar-refractivity contribution is 7.12. The van der Waals surface area contributed by atoms with Gasteiger partial charge in [-0.25, -0.2) is 4.79 Å². The number of H-pyrrole nitrogens is 1. The van der Waals surface area contributed by atoms with E-state index in [1.165, 1.54) is 34.8 Å². The van der Waals surface area contributed by atoms with E-state index < -0.39 is 17.7 Å². The van der Waals surface area contributed by atoms with E-state index in [0.29, 0.717) is 38.8 Å². The highest BCUT2D eigenvalue weighted by Gasteiger charge is 2.45. The number of nitrogens with one attached hydrogen (secondary N) is 2. The molecule has 10 nitrogen and oxygen atoms in total. The predicted octanol–water partition coefficient (Wildman–Crippen LogP) is 5.67. The van der Waals surface area contributed by atoms with E-state index in [0.717, 1.165) is 84.1 Å². The van der Waals surface area contributed by atoms with E-state index in [-0.39, 0.29) is 17.4 Å². The van der Waals surface area contributed by atoms with Gasteiger partial charge in [0, 0.05) is 43.8 Å². The number of aromatic hydroxyl groups is 1. The van der Waals surface area contributed by atoms with Crippen LogP contribution in [0.3, 0.4) is 0 Å². The van der Waals surface area contributed by atoms with Crippen molar-refractivity contribution >= 4 is 39.5 Å². The second kappa shape index (κ2) is 18.2. The molecular formula is C37H49N3O7S2. The number of benzene rings is 1. The number of aliphatic hydroxyl groups excluding tert-OH is 1. The first-order valence-electron chi connectivity index (χ1n) is 17.3. The third-order valence-corrected chi connectivity index (χ3v) is 11.3. The van der Waals surface area contributed by atoms with E-state index in [4.69, 9.17) is 9.47 Å². The lowest BCUT2D eigenvalue weighted by Gasteiger charge is -2.35. The molecule has 4 aromatic rings. The van der Waals surface area contributed by atoms with Gasteiger partial charge < -0.3 is 40.0 Å². The van der Waals surface area contributed by atoms with Gasteiger partial charge in [-0.05, 0) is 99.1 Å². The van der Waals surface area contributed by atoms with E-state index in [9.17, 15) is 24.9 Å². The lowest BCUT2D eigenvalue weighted by atomic mass is 9.91. The van der Waals surface area contributed by atoms with Crippen LogP contribution in [0.15, 0.2) is 64.1 Å². The van der Waals surface area contributed by atoms with Gasteiger partial charge in [-0.15, -0.1) is 22.7 Å². The number of fused-ring (bicyclic) bond motifs is 1. The van der Waals surface area contributed by atoms with Crippen molar-refractivity contribution < 1.29 is 29.6 Å². The lowest BCUT2D eigenvalue weighted by molar-refractivity contribution is -0.169. The second-order valence-corrected chi connectivity index (χ2v) is 14.8. The van der Waals surface area contributed by atoms with E-state index in [1.54, 1.807) is 24.3 Å². The molecule has 0 unspecified atom stereocenters. The molecule has 5 N–H and O–H groups in total. The number of aromatic amines is 1. The second-order valence-electron chi connectivity index (χ2n) is 12.9. The number of ether oxygens (including phenoxy) is 2. The molecule has 266 valence electrons. The number of carbonyl (C=O) groups excluding carboxylic acids is 1. The number of unbranched alkanes of at least 4 members (excludes halogenated alkanes) is 3. The van der Waals surface area contributed by atoms with Crippen molar-refractivity contribution in [3.63, 3.8) is 0 Å². The van der Waals surface area contributed by atoms with Crippen LogP contribution >= 0.6 is 22.7 Å². The van der Waals surface area contributed by atoms with E-state index >= 15 is 0 Å². The summed E-state index contributed by atoms with van der Waals surface area (Å²) in [5, 5.41) is 39.9. The van der Waals surface area contributed by atoms with Gasteiger partial charge in [0.1, 0.15) is 11.9 Å². The SMILES string of the molecule is CN(CCCOCCCCCCNC[C@H](O)c1ccc(O)c2[nH]c(=O)ccc12)[C@H]1CC[C@H](OC(=O)C(O)(c2cccs2)c2cccs2)CC1. The van der Waals surface area contributed by atoms with Gasteiger partial charge in [-0.3, -0.25) is 4.79 Å². The predicted molar refractivity (Wildman–Crippen MR) is 194 cm³/mol. The van der Waals surface area contributed by atoms with Crippen molar-refractivity contribution in [1.29, 1.82) is 0 Å². The number of rotatable bonds is 19. The summed E-state index contributed by atoms with van der Waals surface area (Å²) < 4.78 is 11.8. The standard InChI is InChI=1S/C37H49N3O7S2/c1-40(26-11-13-27(14-12-26)47-36(44)37(45,32-9-6-23-48-32)33-10-7-24-49-33)20-8-22-46-21-5-3-2-4-19-38-25-31(42)28-15-17-30(41)35-29(28)16-18-34(43)39-35/h6-7,9-10,15-18,23-24,26-27,31,38,41-42,45H,2-5,8,11-14,19-22,25H2,1H3,(H,39,43)/t26-,27-,31-/m0/s1. The zero-order valence-corrected chi connectivity index (χ0v) is 29.8. The Morgan fingerprint density at radius 2 is 1.67 bits per heavy atom. The number of carbonyl (C=O) groups is 1. The minimum absolute atomic E-state index is 0.0136. The largest absolute Gasteiger partial charge is 0.506 e. The van der Waals surface area contributed by atoms with Crippen LogP contribution in [0.4, 0.5) is 0 Å². The van der Waals surface area contributed by atoms with Crippen LogP contribution in [0, 0.1) is 0 Å². The van der Waals surface area contributed by atoms with Crippen LogP contribution in [0.5, 0.6) is 5.75 Å². The Labute approximate surface area is 295 Å². The molecule has 1 aromatic carbocycles. The Morgan fingerprint density at radius 1 is 0.980 bits per heavy atom. The summed E-state index contributed by atoms with van der Waals surface area (Å²) in [5.41, 5.74) is -1.04. The third kappa shape index (κ3) is 9.78. The van der Waals surface area contributed by atoms with Crippen LogP contribution in [0.25, 0.3) is 10.9 Å². The van der Waals surface area contributed by atoms with Crippen molar-refractivity contribution in [3.8, 4) is 5.75 Å². The molecule has 0 amide bonds. The fraction of sp³-hybridized carbons (Fsp3) is 0.514. The lowest BCUT2D eigenvalue weighted by Crippen LogP contribution is -2.42. The maximum absolute atomic E-state index is 13.3. The summed E-state index contributed by atoms with van der Waals surface area (Å²) in [5.74, 6) is -0.597. The van der Waals surface area contributed by atoms with Crippen LogP contribution in [0.1, 0.15) is 79.2 Å². The molecule has 1 aliphatic rings. The first kappa shape index (κ1) is 37.2. The van der Waals surface area contributed by atoms with Gasteiger partial charge in [0.2, 0.25) is 11.2 Å². The molecule has 1 fully saturated rings. The topological polar surface area (TPSA) is 144 Å². The Balaban J connectivity index is 0.882. The number of aliphatic hydroxyl groups is 2. The molecule has 0 aliphatic heterocycles. The van der Waals surface area contributed by atoms with Crippen molar-refractivity contribution in [2.75, 3.05) is 39.9 Å². The number of esters is 1. The molecule has 0 bridgehead atoms. The minimum Gasteiger partial charge on any atom is -0.506 e. The number of aromatic nitrogens is 1. The van der Waals surface area contributed by atoms with E-state index in [2.05, 4.69) is 22.2 Å². The Bertz CT molecular complexity index is 1600. The molecule has 1 aliphatic carbocycles. The molecule has 1 atom stereocenters. The maximum atomic E-state index is 13.3. The van der Waals surface area contributed by atoms with Gasteiger partial charge >= 0.3 is 5.97 Å². The summed E-state index contributed by atoms with van der Waals surface area (Å²) in [6.07, 6.45) is 7.72.